The van der Waals surface area contributed by atoms with Crippen molar-refractivity contribution >= 4 is 27.9 Å². The lowest BCUT2D eigenvalue weighted by atomic mass is 9.94. The first-order chi connectivity index (χ1) is 17.4. The number of aryl methyl sites for hydroxylation is 1. The Kier molecular flexibility index (Phi) is 6.52. The van der Waals surface area contributed by atoms with Crippen LogP contribution in [-0.4, -0.2) is 45.2 Å². The highest BCUT2D eigenvalue weighted by atomic mass is 32.1. The van der Waals surface area contributed by atoms with Gasteiger partial charge in [-0.3, -0.25) is 15.1 Å². The Hall–Kier alpha value is -4.04. The quantitative estimate of drug-likeness (QED) is 0.488. The second-order valence-corrected chi connectivity index (χ2v) is 9.39. The van der Waals surface area contributed by atoms with Gasteiger partial charge < -0.3 is 14.6 Å². The van der Waals surface area contributed by atoms with Gasteiger partial charge in [-0.25, -0.2) is 8.78 Å². The van der Waals surface area contributed by atoms with Gasteiger partial charge in [0.1, 0.15) is 11.8 Å². The van der Waals surface area contributed by atoms with Crippen LogP contribution in [0.5, 0.6) is 0 Å². The summed E-state index contributed by atoms with van der Waals surface area (Å²) in [6.45, 7) is 0. The SMILES string of the molecule is COC1=CNC(C(F)F)C=C1c1cc(-c2ccn(C)c2)ncc1C(=O)Nc1nnc(C#CC2CC2)s1. The lowest BCUT2D eigenvalue weighted by Gasteiger charge is -2.24. The van der Waals surface area contributed by atoms with E-state index < -0.39 is 18.4 Å². The summed E-state index contributed by atoms with van der Waals surface area (Å²) in [5.41, 5.74) is 2.34. The normalized spacial score (nSPS) is 17.0. The van der Waals surface area contributed by atoms with Crippen LogP contribution in [0.1, 0.15) is 33.8 Å². The maximum absolute atomic E-state index is 13.6. The van der Waals surface area contributed by atoms with Gasteiger partial charge in [0.25, 0.3) is 12.3 Å². The van der Waals surface area contributed by atoms with E-state index in [4.69, 9.17) is 4.74 Å². The molecule has 3 aromatic rings. The van der Waals surface area contributed by atoms with Gasteiger partial charge in [0, 0.05) is 54.5 Å². The molecule has 36 heavy (non-hydrogen) atoms. The molecule has 0 spiro atoms. The summed E-state index contributed by atoms with van der Waals surface area (Å²) in [6.07, 6.45) is 7.46. The molecule has 3 aromatic heterocycles. The lowest BCUT2D eigenvalue weighted by molar-refractivity contribution is 0.102. The number of carbonyl (C=O) groups excluding carboxylic acids is 1. The number of hydrogen-bond acceptors (Lipinski definition) is 7. The third kappa shape index (κ3) is 5.13. The van der Waals surface area contributed by atoms with Crippen LogP contribution >= 0.6 is 11.3 Å². The van der Waals surface area contributed by atoms with Crippen molar-refractivity contribution in [3.63, 3.8) is 0 Å². The van der Waals surface area contributed by atoms with Crippen LogP contribution < -0.4 is 10.6 Å². The summed E-state index contributed by atoms with van der Waals surface area (Å²) in [5.74, 6) is 6.32. The molecule has 1 unspecified atom stereocenters. The van der Waals surface area contributed by atoms with E-state index in [-0.39, 0.29) is 10.7 Å². The molecule has 1 aliphatic heterocycles. The molecule has 1 saturated carbocycles. The molecule has 1 aliphatic carbocycles. The minimum absolute atomic E-state index is 0.180. The molecule has 2 N–H and O–H groups in total. The van der Waals surface area contributed by atoms with Crippen LogP contribution in [0.15, 0.2) is 48.8 Å². The van der Waals surface area contributed by atoms with Gasteiger partial charge in [-0.15, -0.1) is 10.2 Å². The highest BCUT2D eigenvalue weighted by molar-refractivity contribution is 7.15. The van der Waals surface area contributed by atoms with Gasteiger partial charge in [0.15, 0.2) is 5.01 Å². The standard InChI is InChI=1S/C25H22F2N6O2S/c1-33-8-7-15(13-33)19-9-16(17-10-20(23(26)27)29-12-21(17)35-2)18(11-28-19)24(34)30-25-32-31-22(36-25)6-5-14-3-4-14/h7-14,20,23,29H,3-4H2,1-2H3,(H,30,32,34). The number of dihydropyridines is 1. The molecule has 0 saturated heterocycles. The zero-order valence-electron chi connectivity index (χ0n) is 19.5. The zero-order valence-corrected chi connectivity index (χ0v) is 20.3. The predicted octanol–water partition coefficient (Wildman–Crippen LogP) is 4.06. The zero-order chi connectivity index (χ0) is 25.2. The summed E-state index contributed by atoms with van der Waals surface area (Å²) in [4.78, 5) is 17.8. The van der Waals surface area contributed by atoms with Crippen molar-refractivity contribution in [3.8, 4) is 23.1 Å². The molecule has 2 aliphatic rings. The van der Waals surface area contributed by atoms with Crippen LogP contribution in [0.4, 0.5) is 13.9 Å². The van der Waals surface area contributed by atoms with Crippen molar-refractivity contribution in [1.29, 1.82) is 0 Å². The number of nitrogens with one attached hydrogen (secondary N) is 2. The van der Waals surface area contributed by atoms with Crippen LogP contribution in [-0.2, 0) is 11.8 Å². The number of allylic oxidation sites excluding steroid dienone is 1. The molecule has 1 fully saturated rings. The van der Waals surface area contributed by atoms with Crippen LogP contribution in [0, 0.1) is 17.8 Å². The van der Waals surface area contributed by atoms with Crippen molar-refractivity contribution in [2.45, 2.75) is 25.3 Å². The minimum atomic E-state index is -2.65. The molecule has 0 aromatic carbocycles. The number of aromatic nitrogens is 4. The Morgan fingerprint density at radius 3 is 2.89 bits per heavy atom. The van der Waals surface area contributed by atoms with E-state index in [2.05, 4.69) is 37.7 Å². The number of carbonyl (C=O) groups is 1. The smallest absolute Gasteiger partial charge is 0.261 e. The molecule has 8 nitrogen and oxygen atoms in total. The van der Waals surface area contributed by atoms with E-state index in [0.717, 1.165) is 18.4 Å². The molecule has 1 atom stereocenters. The van der Waals surface area contributed by atoms with Gasteiger partial charge in [-0.1, -0.05) is 17.3 Å². The number of ether oxygens (including phenoxy) is 1. The Morgan fingerprint density at radius 2 is 2.19 bits per heavy atom. The van der Waals surface area contributed by atoms with Crippen LogP contribution in [0.2, 0.25) is 0 Å². The van der Waals surface area contributed by atoms with E-state index in [1.807, 2.05) is 30.1 Å². The Labute approximate surface area is 210 Å². The Morgan fingerprint density at radius 1 is 1.36 bits per heavy atom. The largest absolute Gasteiger partial charge is 0.495 e. The van der Waals surface area contributed by atoms with Gasteiger partial charge in [-0.2, -0.15) is 0 Å². The van der Waals surface area contributed by atoms with Gasteiger partial charge in [0.2, 0.25) is 5.13 Å². The summed E-state index contributed by atoms with van der Waals surface area (Å²) in [6, 6.07) is 2.34. The van der Waals surface area contributed by atoms with E-state index in [1.54, 1.807) is 6.07 Å². The number of hydrogen-bond donors (Lipinski definition) is 2. The van der Waals surface area contributed by atoms with Crippen LogP contribution in [0.3, 0.4) is 0 Å². The molecule has 5 rings (SSSR count). The first-order valence-corrected chi connectivity index (χ1v) is 12.0. The molecular weight excluding hydrogens is 486 g/mol. The maximum Gasteiger partial charge on any atom is 0.261 e. The number of anilines is 1. The average molecular weight is 509 g/mol. The summed E-state index contributed by atoms with van der Waals surface area (Å²) >= 11 is 1.17. The second-order valence-electron chi connectivity index (χ2n) is 8.41. The Balaban J connectivity index is 1.52. The first-order valence-electron chi connectivity index (χ1n) is 11.2. The minimum Gasteiger partial charge on any atom is -0.495 e. The second kappa shape index (κ2) is 9.91. The van der Waals surface area contributed by atoms with E-state index >= 15 is 0 Å². The fourth-order valence-corrected chi connectivity index (χ4v) is 4.25. The maximum atomic E-state index is 13.6. The number of halogens is 2. The first kappa shape index (κ1) is 23.7. The number of nitrogens with zero attached hydrogens (tertiary/aromatic N) is 4. The van der Waals surface area contributed by atoms with Crippen molar-refractivity contribution in [3.05, 3.63) is 64.9 Å². The number of methoxy groups -OCH3 is 1. The lowest BCUT2D eigenvalue weighted by Crippen LogP contribution is -2.33. The molecule has 0 radical (unpaired) electrons. The molecule has 4 heterocycles. The summed E-state index contributed by atoms with van der Waals surface area (Å²) in [5, 5.41) is 14.2. The van der Waals surface area contributed by atoms with E-state index in [1.165, 1.54) is 36.9 Å². The molecule has 184 valence electrons. The monoisotopic (exact) mass is 508 g/mol. The van der Waals surface area contributed by atoms with E-state index in [9.17, 15) is 13.6 Å². The number of rotatable bonds is 6. The summed E-state index contributed by atoms with van der Waals surface area (Å²) in [7, 11) is 3.32. The highest BCUT2D eigenvalue weighted by Crippen LogP contribution is 2.33. The third-order valence-electron chi connectivity index (χ3n) is 5.68. The van der Waals surface area contributed by atoms with Gasteiger partial charge in [-0.05, 0) is 37.0 Å². The van der Waals surface area contributed by atoms with Crippen LogP contribution in [0.25, 0.3) is 16.8 Å². The summed E-state index contributed by atoms with van der Waals surface area (Å²) < 4.78 is 34.4. The number of pyridine rings is 1. The molecule has 11 heteroatoms. The number of alkyl halides is 2. The number of amides is 1. The Bertz CT molecular complexity index is 1430. The predicted molar refractivity (Wildman–Crippen MR) is 132 cm³/mol. The highest BCUT2D eigenvalue weighted by Gasteiger charge is 2.27. The van der Waals surface area contributed by atoms with Crippen molar-refractivity contribution in [2.24, 2.45) is 13.0 Å². The molecule has 0 bridgehead atoms. The van der Waals surface area contributed by atoms with Crippen molar-refractivity contribution in [1.82, 2.24) is 25.1 Å². The van der Waals surface area contributed by atoms with Crippen molar-refractivity contribution in [2.75, 3.05) is 12.4 Å². The van der Waals surface area contributed by atoms with Gasteiger partial charge >= 0.3 is 0 Å². The average Bonchev–Trinajstić information content (AvgIpc) is 3.44. The molecular formula is C25H22F2N6O2S. The molecule has 1 amide bonds. The van der Waals surface area contributed by atoms with E-state index in [0.29, 0.717) is 33.5 Å². The fourth-order valence-electron chi connectivity index (χ4n) is 3.65. The fraction of sp³-hybridized carbons (Fsp3) is 0.280. The van der Waals surface area contributed by atoms with Crippen molar-refractivity contribution < 1.29 is 18.3 Å². The third-order valence-corrected chi connectivity index (χ3v) is 6.44. The topological polar surface area (TPSA) is 94.0 Å². The van der Waals surface area contributed by atoms with Gasteiger partial charge in [0.05, 0.1) is 18.4 Å².